The Morgan fingerprint density at radius 1 is 1.32 bits per heavy atom. The van der Waals surface area contributed by atoms with Crippen LogP contribution in [0, 0.1) is 17.7 Å². The number of anilines is 2. The molecule has 1 aliphatic rings. The topological polar surface area (TPSA) is 73.6 Å². The van der Waals surface area contributed by atoms with Crippen LogP contribution in [0.3, 0.4) is 0 Å². The number of nitrogens with one attached hydrogen (secondary N) is 1. The smallest absolute Gasteiger partial charge is 0.308 e. The molecule has 1 saturated carbocycles. The lowest BCUT2D eigenvalue weighted by Gasteiger charge is -2.27. The van der Waals surface area contributed by atoms with Crippen LogP contribution in [0.2, 0.25) is 0 Å². The van der Waals surface area contributed by atoms with E-state index in [1.54, 1.807) is 6.07 Å². The molecule has 1 aliphatic carbocycles. The van der Waals surface area contributed by atoms with Crippen LogP contribution in [0.5, 0.6) is 5.75 Å². The molecule has 0 unspecified atom stereocenters. The van der Waals surface area contributed by atoms with Crippen LogP contribution < -0.4 is 15.8 Å². The highest BCUT2D eigenvalue weighted by Crippen LogP contribution is 2.32. The molecule has 2 rings (SSSR count). The zero-order valence-corrected chi connectivity index (χ0v) is 13.0. The van der Waals surface area contributed by atoms with Crippen molar-refractivity contribution in [1.82, 2.24) is 0 Å². The number of rotatable bonds is 5. The van der Waals surface area contributed by atoms with Crippen LogP contribution in [0.25, 0.3) is 0 Å². The molecule has 3 N–H and O–H groups in total. The number of ether oxygens (including phenoxy) is 2. The average Bonchev–Trinajstić information content (AvgIpc) is 2.54. The van der Waals surface area contributed by atoms with E-state index >= 15 is 0 Å². The maximum absolute atomic E-state index is 13.5. The molecule has 6 heteroatoms. The van der Waals surface area contributed by atoms with E-state index < -0.39 is 5.82 Å². The van der Waals surface area contributed by atoms with Crippen LogP contribution in [-0.4, -0.2) is 26.7 Å². The second-order valence-corrected chi connectivity index (χ2v) is 5.70. The van der Waals surface area contributed by atoms with Gasteiger partial charge in [0.25, 0.3) is 0 Å². The SMILES string of the molecule is COC(=O)C1CCC(CNc2cc(OC)c(F)cc2N)CC1. The van der Waals surface area contributed by atoms with Gasteiger partial charge in [0.15, 0.2) is 11.6 Å². The molecule has 0 bridgehead atoms. The molecule has 0 saturated heterocycles. The van der Waals surface area contributed by atoms with E-state index in [-0.39, 0.29) is 17.6 Å². The maximum Gasteiger partial charge on any atom is 0.308 e. The van der Waals surface area contributed by atoms with Gasteiger partial charge in [-0.05, 0) is 31.6 Å². The molecular formula is C16H23FN2O3. The highest BCUT2D eigenvalue weighted by Gasteiger charge is 2.26. The lowest BCUT2D eigenvalue weighted by atomic mass is 9.82. The van der Waals surface area contributed by atoms with Crippen molar-refractivity contribution in [2.75, 3.05) is 31.8 Å². The van der Waals surface area contributed by atoms with Crippen molar-refractivity contribution in [3.05, 3.63) is 17.9 Å². The minimum absolute atomic E-state index is 0.0252. The first-order valence-corrected chi connectivity index (χ1v) is 7.49. The summed E-state index contributed by atoms with van der Waals surface area (Å²) in [5.74, 6) is 0.0859. The van der Waals surface area contributed by atoms with E-state index in [0.717, 1.165) is 32.2 Å². The Hall–Kier alpha value is -1.98. The fraction of sp³-hybridized carbons (Fsp3) is 0.562. The fourth-order valence-corrected chi connectivity index (χ4v) is 2.90. The van der Waals surface area contributed by atoms with E-state index in [9.17, 15) is 9.18 Å². The summed E-state index contributed by atoms with van der Waals surface area (Å²) < 4.78 is 23.3. The summed E-state index contributed by atoms with van der Waals surface area (Å²) in [6.07, 6.45) is 3.62. The van der Waals surface area contributed by atoms with Crippen molar-refractivity contribution in [1.29, 1.82) is 0 Å². The number of methoxy groups -OCH3 is 2. The Morgan fingerprint density at radius 2 is 2.00 bits per heavy atom. The Morgan fingerprint density at radius 3 is 2.59 bits per heavy atom. The third-order valence-electron chi connectivity index (χ3n) is 4.29. The van der Waals surface area contributed by atoms with Gasteiger partial charge in [0.1, 0.15) is 0 Å². The van der Waals surface area contributed by atoms with E-state index in [4.69, 9.17) is 15.2 Å². The number of carbonyl (C=O) groups is 1. The molecule has 5 nitrogen and oxygen atoms in total. The minimum atomic E-state index is -0.468. The summed E-state index contributed by atoms with van der Waals surface area (Å²) in [6, 6.07) is 2.83. The van der Waals surface area contributed by atoms with Crippen LogP contribution >= 0.6 is 0 Å². The second kappa shape index (κ2) is 7.33. The molecule has 0 atom stereocenters. The lowest BCUT2D eigenvalue weighted by Crippen LogP contribution is -2.26. The zero-order chi connectivity index (χ0) is 16.1. The summed E-state index contributed by atoms with van der Waals surface area (Å²) in [6.45, 7) is 0.743. The van der Waals surface area contributed by atoms with Crippen molar-refractivity contribution >= 4 is 17.3 Å². The van der Waals surface area contributed by atoms with Gasteiger partial charge in [-0.1, -0.05) is 0 Å². The molecule has 0 amide bonds. The summed E-state index contributed by atoms with van der Waals surface area (Å²) >= 11 is 0. The van der Waals surface area contributed by atoms with Crippen LogP contribution in [0.15, 0.2) is 12.1 Å². The number of carbonyl (C=O) groups excluding carboxylic acids is 1. The molecule has 1 fully saturated rings. The van der Waals surface area contributed by atoms with Crippen molar-refractivity contribution in [2.24, 2.45) is 11.8 Å². The molecule has 0 radical (unpaired) electrons. The number of benzene rings is 1. The third-order valence-corrected chi connectivity index (χ3v) is 4.29. The van der Waals surface area contributed by atoms with Gasteiger partial charge in [-0.2, -0.15) is 0 Å². The summed E-state index contributed by atoms with van der Waals surface area (Å²) in [5, 5.41) is 3.25. The molecule has 122 valence electrons. The van der Waals surface area contributed by atoms with Gasteiger partial charge in [-0.3, -0.25) is 4.79 Å². The van der Waals surface area contributed by atoms with Crippen molar-refractivity contribution < 1.29 is 18.7 Å². The number of esters is 1. The van der Waals surface area contributed by atoms with Gasteiger partial charge < -0.3 is 20.5 Å². The zero-order valence-electron chi connectivity index (χ0n) is 13.0. The first kappa shape index (κ1) is 16.4. The number of nitrogen functional groups attached to an aromatic ring is 1. The normalized spacial score (nSPS) is 21.2. The van der Waals surface area contributed by atoms with Gasteiger partial charge in [0, 0.05) is 18.7 Å². The predicted molar refractivity (Wildman–Crippen MR) is 83.3 cm³/mol. The molecule has 0 heterocycles. The lowest BCUT2D eigenvalue weighted by molar-refractivity contribution is -0.146. The number of hydrogen-bond donors (Lipinski definition) is 2. The van der Waals surface area contributed by atoms with Gasteiger partial charge >= 0.3 is 5.97 Å². The average molecular weight is 310 g/mol. The Balaban J connectivity index is 1.88. The molecule has 1 aromatic carbocycles. The molecule has 1 aromatic rings. The molecule has 22 heavy (non-hydrogen) atoms. The Kier molecular flexibility index (Phi) is 5.46. The summed E-state index contributed by atoms with van der Waals surface area (Å²) in [7, 11) is 2.85. The molecule has 0 aliphatic heterocycles. The van der Waals surface area contributed by atoms with Crippen LogP contribution in [-0.2, 0) is 9.53 Å². The van der Waals surface area contributed by atoms with Crippen molar-refractivity contribution in [2.45, 2.75) is 25.7 Å². The second-order valence-electron chi connectivity index (χ2n) is 5.70. The largest absolute Gasteiger partial charge is 0.494 e. The minimum Gasteiger partial charge on any atom is -0.494 e. The number of hydrogen-bond acceptors (Lipinski definition) is 5. The van der Waals surface area contributed by atoms with E-state index in [1.807, 2.05) is 0 Å². The van der Waals surface area contributed by atoms with Crippen LogP contribution in [0.4, 0.5) is 15.8 Å². The Bertz CT molecular complexity index is 528. The summed E-state index contributed by atoms with van der Waals surface area (Å²) in [5.41, 5.74) is 6.86. The van der Waals surface area contributed by atoms with E-state index in [1.165, 1.54) is 20.3 Å². The van der Waals surface area contributed by atoms with Crippen LogP contribution in [0.1, 0.15) is 25.7 Å². The molecule has 0 spiro atoms. The van der Waals surface area contributed by atoms with Crippen molar-refractivity contribution in [3.8, 4) is 5.75 Å². The fourth-order valence-electron chi connectivity index (χ4n) is 2.90. The monoisotopic (exact) mass is 310 g/mol. The number of halogens is 1. The quantitative estimate of drug-likeness (QED) is 0.646. The standard InChI is InChI=1S/C16H23FN2O3/c1-21-15-8-14(13(18)7-12(15)17)19-9-10-3-5-11(6-4-10)16(20)22-2/h7-8,10-11,19H,3-6,9,18H2,1-2H3. The third kappa shape index (κ3) is 3.81. The summed E-state index contributed by atoms with van der Waals surface area (Å²) in [4.78, 5) is 11.5. The van der Waals surface area contributed by atoms with Crippen molar-refractivity contribution in [3.63, 3.8) is 0 Å². The molecular weight excluding hydrogens is 287 g/mol. The Labute approximate surface area is 130 Å². The predicted octanol–water partition coefficient (Wildman–Crippen LogP) is 2.81. The van der Waals surface area contributed by atoms with E-state index in [2.05, 4.69) is 5.32 Å². The van der Waals surface area contributed by atoms with Gasteiger partial charge in [-0.15, -0.1) is 0 Å². The highest BCUT2D eigenvalue weighted by atomic mass is 19.1. The first-order valence-electron chi connectivity index (χ1n) is 7.49. The highest BCUT2D eigenvalue weighted by molar-refractivity contribution is 5.72. The maximum atomic E-state index is 13.5. The first-order chi connectivity index (χ1) is 10.5. The molecule has 0 aromatic heterocycles. The van der Waals surface area contributed by atoms with Gasteiger partial charge in [0.05, 0.1) is 31.5 Å². The number of nitrogens with two attached hydrogens (primary N) is 1. The van der Waals surface area contributed by atoms with Gasteiger partial charge in [0.2, 0.25) is 0 Å². The van der Waals surface area contributed by atoms with Gasteiger partial charge in [-0.25, -0.2) is 4.39 Å². The van der Waals surface area contributed by atoms with E-state index in [0.29, 0.717) is 17.3 Å².